The third-order valence-electron chi connectivity index (χ3n) is 5.01. The van der Waals surface area contributed by atoms with Gasteiger partial charge in [0.05, 0.1) is 41.7 Å². The largest absolute Gasteiger partial charge is 0.364 e. The van der Waals surface area contributed by atoms with Gasteiger partial charge in [0.1, 0.15) is 5.82 Å². The van der Waals surface area contributed by atoms with Crippen molar-refractivity contribution >= 4 is 11.7 Å². The number of nitrogens with zero attached hydrogens (tertiary/aromatic N) is 5. The van der Waals surface area contributed by atoms with Gasteiger partial charge < -0.3 is 10.6 Å². The molecule has 4 rings (SSSR count). The van der Waals surface area contributed by atoms with E-state index in [9.17, 15) is 4.79 Å². The minimum absolute atomic E-state index is 0.0275. The van der Waals surface area contributed by atoms with Crippen molar-refractivity contribution in [3.05, 3.63) is 59.8 Å². The zero-order valence-corrected chi connectivity index (χ0v) is 16.0. The van der Waals surface area contributed by atoms with E-state index in [1.165, 1.54) is 0 Å². The third-order valence-corrected chi connectivity index (χ3v) is 5.01. The molecule has 1 saturated carbocycles. The van der Waals surface area contributed by atoms with Crippen LogP contribution >= 0.6 is 0 Å². The molecule has 28 heavy (non-hydrogen) atoms. The molecule has 1 fully saturated rings. The van der Waals surface area contributed by atoms with Gasteiger partial charge in [-0.2, -0.15) is 0 Å². The smallest absolute Gasteiger partial charge is 0.253 e. The molecule has 0 aliphatic heterocycles. The van der Waals surface area contributed by atoms with Crippen molar-refractivity contribution in [1.29, 1.82) is 0 Å². The van der Waals surface area contributed by atoms with Crippen LogP contribution in [-0.2, 0) is 0 Å². The molecule has 0 unspecified atom stereocenters. The lowest BCUT2D eigenvalue weighted by Crippen LogP contribution is -2.43. The van der Waals surface area contributed by atoms with Crippen LogP contribution in [0.15, 0.2) is 43.0 Å². The normalized spacial score (nSPS) is 18.8. The van der Waals surface area contributed by atoms with Gasteiger partial charge in [0.15, 0.2) is 0 Å². The lowest BCUT2D eigenvalue weighted by atomic mass is 10.1. The van der Waals surface area contributed by atoms with E-state index in [0.717, 1.165) is 36.3 Å². The maximum atomic E-state index is 13.1. The number of rotatable bonds is 5. The van der Waals surface area contributed by atoms with Gasteiger partial charge in [-0.15, -0.1) is 5.10 Å². The van der Waals surface area contributed by atoms with E-state index in [-0.39, 0.29) is 18.0 Å². The molecule has 2 aromatic heterocycles. The highest BCUT2D eigenvalue weighted by Gasteiger charge is 2.30. The Morgan fingerprint density at radius 3 is 2.75 bits per heavy atom. The standard InChI is InChI=1S/C20H23N7O/c1-13-6-7-18(27-9-8-23-26-27)15(10-13)20(28)25-17-5-3-4-16(17)24-19-12-21-14(2)11-22-19/h6-12,16-17H,3-5H2,1-2H3,(H,22,24)(H,25,28)/t16-,17-/m0/s1. The fourth-order valence-electron chi connectivity index (χ4n) is 3.58. The predicted molar refractivity (Wildman–Crippen MR) is 105 cm³/mol. The molecular formula is C20H23N7O. The van der Waals surface area contributed by atoms with Gasteiger partial charge >= 0.3 is 0 Å². The summed E-state index contributed by atoms with van der Waals surface area (Å²) in [7, 11) is 0. The van der Waals surface area contributed by atoms with Gasteiger partial charge in [-0.3, -0.25) is 9.78 Å². The first-order valence-corrected chi connectivity index (χ1v) is 9.43. The molecule has 0 saturated heterocycles. The summed E-state index contributed by atoms with van der Waals surface area (Å²) >= 11 is 0. The summed E-state index contributed by atoms with van der Waals surface area (Å²) in [6.45, 7) is 3.88. The summed E-state index contributed by atoms with van der Waals surface area (Å²) in [5.74, 6) is 0.624. The van der Waals surface area contributed by atoms with Gasteiger partial charge in [-0.05, 0) is 45.2 Å². The predicted octanol–water partition coefficient (Wildman–Crippen LogP) is 2.44. The molecule has 8 nitrogen and oxygen atoms in total. The molecule has 0 radical (unpaired) electrons. The first-order chi connectivity index (χ1) is 13.6. The number of benzene rings is 1. The van der Waals surface area contributed by atoms with Crippen LogP contribution in [0.2, 0.25) is 0 Å². The van der Waals surface area contributed by atoms with Crippen LogP contribution in [0.5, 0.6) is 0 Å². The quantitative estimate of drug-likeness (QED) is 0.709. The highest BCUT2D eigenvalue weighted by molar-refractivity contribution is 5.98. The Balaban J connectivity index is 1.51. The molecule has 2 heterocycles. The zero-order chi connectivity index (χ0) is 19.5. The first-order valence-electron chi connectivity index (χ1n) is 9.43. The van der Waals surface area contributed by atoms with Crippen molar-refractivity contribution in [3.8, 4) is 5.69 Å². The van der Waals surface area contributed by atoms with Crippen LogP contribution in [0.1, 0.15) is 40.9 Å². The fourth-order valence-corrected chi connectivity index (χ4v) is 3.58. The van der Waals surface area contributed by atoms with Gasteiger partial charge in [0.25, 0.3) is 5.91 Å². The Kier molecular flexibility index (Phi) is 5.01. The summed E-state index contributed by atoms with van der Waals surface area (Å²) in [6.07, 6.45) is 9.75. The third kappa shape index (κ3) is 3.85. The van der Waals surface area contributed by atoms with Crippen molar-refractivity contribution in [2.45, 2.75) is 45.2 Å². The number of aromatic nitrogens is 5. The van der Waals surface area contributed by atoms with Crippen molar-refractivity contribution in [1.82, 2.24) is 30.3 Å². The van der Waals surface area contributed by atoms with Crippen LogP contribution in [0, 0.1) is 13.8 Å². The topological polar surface area (TPSA) is 97.6 Å². The Hall–Kier alpha value is -3.29. The van der Waals surface area contributed by atoms with Crippen molar-refractivity contribution < 1.29 is 4.79 Å². The molecule has 0 spiro atoms. The molecule has 0 bridgehead atoms. The molecule has 2 atom stereocenters. The van der Waals surface area contributed by atoms with E-state index in [0.29, 0.717) is 11.3 Å². The Morgan fingerprint density at radius 1 is 1.14 bits per heavy atom. The highest BCUT2D eigenvalue weighted by atomic mass is 16.1. The summed E-state index contributed by atoms with van der Waals surface area (Å²) in [5.41, 5.74) is 3.20. The Morgan fingerprint density at radius 2 is 2.00 bits per heavy atom. The molecule has 1 aliphatic rings. The van der Waals surface area contributed by atoms with Crippen molar-refractivity contribution in [3.63, 3.8) is 0 Å². The van der Waals surface area contributed by atoms with Gasteiger partial charge in [0.2, 0.25) is 0 Å². The maximum Gasteiger partial charge on any atom is 0.253 e. The van der Waals surface area contributed by atoms with Crippen LogP contribution in [0.25, 0.3) is 5.69 Å². The molecule has 2 N–H and O–H groups in total. The van der Waals surface area contributed by atoms with Gasteiger partial charge in [-0.1, -0.05) is 16.8 Å². The molecule has 3 aromatic rings. The van der Waals surface area contributed by atoms with Gasteiger partial charge in [-0.25, -0.2) is 9.67 Å². The second-order valence-electron chi connectivity index (χ2n) is 7.17. The number of hydrogen-bond acceptors (Lipinski definition) is 6. The average Bonchev–Trinajstić information content (AvgIpc) is 3.36. The lowest BCUT2D eigenvalue weighted by molar-refractivity contribution is 0.0935. The van der Waals surface area contributed by atoms with Crippen LogP contribution < -0.4 is 10.6 Å². The Bertz CT molecular complexity index is 953. The molecular weight excluding hydrogens is 354 g/mol. The number of carbonyl (C=O) groups is 1. The second kappa shape index (κ2) is 7.75. The minimum atomic E-state index is -0.108. The van der Waals surface area contributed by atoms with E-state index in [2.05, 4.69) is 30.9 Å². The summed E-state index contributed by atoms with van der Waals surface area (Å²) in [5, 5.41) is 14.5. The number of hydrogen-bond donors (Lipinski definition) is 2. The zero-order valence-electron chi connectivity index (χ0n) is 16.0. The van der Waals surface area contributed by atoms with E-state index in [1.807, 2.05) is 32.0 Å². The van der Waals surface area contributed by atoms with Crippen LogP contribution in [0.4, 0.5) is 5.82 Å². The van der Waals surface area contributed by atoms with E-state index >= 15 is 0 Å². The highest BCUT2D eigenvalue weighted by Crippen LogP contribution is 2.24. The van der Waals surface area contributed by atoms with Crippen molar-refractivity contribution in [2.75, 3.05) is 5.32 Å². The summed E-state index contributed by atoms with van der Waals surface area (Å²) < 4.78 is 1.61. The van der Waals surface area contributed by atoms with E-state index < -0.39 is 0 Å². The maximum absolute atomic E-state index is 13.1. The summed E-state index contributed by atoms with van der Waals surface area (Å²) in [4.78, 5) is 21.7. The van der Waals surface area contributed by atoms with Crippen LogP contribution in [-0.4, -0.2) is 43.0 Å². The minimum Gasteiger partial charge on any atom is -0.364 e. The monoisotopic (exact) mass is 377 g/mol. The number of anilines is 1. The van der Waals surface area contributed by atoms with Crippen LogP contribution in [0.3, 0.4) is 0 Å². The average molecular weight is 377 g/mol. The van der Waals surface area contributed by atoms with E-state index in [4.69, 9.17) is 0 Å². The molecule has 1 amide bonds. The molecule has 144 valence electrons. The number of aryl methyl sites for hydroxylation is 2. The van der Waals surface area contributed by atoms with Gasteiger partial charge in [0, 0.05) is 12.1 Å². The molecule has 8 heteroatoms. The first kappa shape index (κ1) is 18.1. The van der Waals surface area contributed by atoms with E-state index in [1.54, 1.807) is 29.5 Å². The molecule has 1 aliphatic carbocycles. The molecule has 1 aromatic carbocycles. The lowest BCUT2D eigenvalue weighted by Gasteiger charge is -2.23. The SMILES string of the molecule is Cc1ccc(-n2ccnn2)c(C(=O)N[C@H]2CCC[C@@H]2Nc2cnc(C)cn2)c1. The summed E-state index contributed by atoms with van der Waals surface area (Å²) in [6, 6.07) is 5.89. The number of carbonyl (C=O) groups excluding carboxylic acids is 1. The number of amides is 1. The van der Waals surface area contributed by atoms with Crippen molar-refractivity contribution in [2.24, 2.45) is 0 Å². The fraction of sp³-hybridized carbons (Fsp3) is 0.350. The Labute approximate surface area is 163 Å². The number of nitrogens with one attached hydrogen (secondary N) is 2. The second-order valence-corrected chi connectivity index (χ2v) is 7.17.